The molecular weight excluding hydrogens is 442 g/mol. The second-order valence-corrected chi connectivity index (χ2v) is 8.54. The van der Waals surface area contributed by atoms with Gasteiger partial charge in [0.25, 0.3) is 0 Å². The highest BCUT2D eigenvalue weighted by Gasteiger charge is 2.27. The molecule has 35 heavy (non-hydrogen) atoms. The summed E-state index contributed by atoms with van der Waals surface area (Å²) in [5.74, 6) is -0.653. The van der Waals surface area contributed by atoms with Crippen molar-refractivity contribution in [3.05, 3.63) is 77.4 Å². The Morgan fingerprint density at radius 1 is 0.914 bits per heavy atom. The van der Waals surface area contributed by atoms with Gasteiger partial charge in [-0.2, -0.15) is 0 Å². The van der Waals surface area contributed by atoms with Gasteiger partial charge in [-0.1, -0.05) is 55.7 Å². The van der Waals surface area contributed by atoms with E-state index in [9.17, 15) is 14.4 Å². The van der Waals surface area contributed by atoms with Gasteiger partial charge in [0.15, 0.2) is 0 Å². The molecule has 0 atom stereocenters. The van der Waals surface area contributed by atoms with E-state index in [-0.39, 0.29) is 17.8 Å². The number of amides is 1. The maximum atomic E-state index is 13.6. The third kappa shape index (κ3) is 7.95. The lowest BCUT2D eigenvalue weighted by Gasteiger charge is -2.30. The SMILES string of the molecule is CCOC(=O)/C=C/c1ccc(CN(C(=O)C2CCCCC2)c2cccc(/C=C/C(=O)OC)c2)cc1. The summed E-state index contributed by atoms with van der Waals surface area (Å²) in [6.07, 6.45) is 11.3. The van der Waals surface area contributed by atoms with E-state index in [0.717, 1.165) is 48.1 Å². The number of methoxy groups -OCH3 is 1. The minimum atomic E-state index is -0.428. The summed E-state index contributed by atoms with van der Waals surface area (Å²) >= 11 is 0. The van der Waals surface area contributed by atoms with Crippen LogP contribution in [0.5, 0.6) is 0 Å². The predicted octanol–water partition coefficient (Wildman–Crippen LogP) is 5.56. The first-order valence-corrected chi connectivity index (χ1v) is 12.1. The molecule has 6 nitrogen and oxygen atoms in total. The molecule has 0 aliphatic heterocycles. The van der Waals surface area contributed by atoms with Crippen molar-refractivity contribution in [2.45, 2.75) is 45.6 Å². The molecule has 3 rings (SSSR count). The van der Waals surface area contributed by atoms with Gasteiger partial charge in [0, 0.05) is 23.8 Å². The summed E-state index contributed by atoms with van der Waals surface area (Å²) < 4.78 is 9.60. The van der Waals surface area contributed by atoms with Crippen LogP contribution in [0.15, 0.2) is 60.7 Å². The number of carbonyl (C=O) groups is 3. The minimum Gasteiger partial charge on any atom is -0.466 e. The summed E-state index contributed by atoms with van der Waals surface area (Å²) in [6, 6.07) is 15.4. The molecule has 1 aliphatic carbocycles. The minimum absolute atomic E-state index is 0.0183. The van der Waals surface area contributed by atoms with Crippen LogP contribution in [0.2, 0.25) is 0 Å². The van der Waals surface area contributed by atoms with E-state index in [1.54, 1.807) is 19.1 Å². The van der Waals surface area contributed by atoms with E-state index in [0.29, 0.717) is 13.2 Å². The Morgan fingerprint density at radius 2 is 1.60 bits per heavy atom. The van der Waals surface area contributed by atoms with Gasteiger partial charge in [-0.3, -0.25) is 4.79 Å². The van der Waals surface area contributed by atoms with E-state index in [1.165, 1.54) is 25.7 Å². The third-order valence-electron chi connectivity index (χ3n) is 6.03. The van der Waals surface area contributed by atoms with Crippen LogP contribution < -0.4 is 4.90 Å². The molecule has 2 aromatic carbocycles. The van der Waals surface area contributed by atoms with E-state index < -0.39 is 5.97 Å². The van der Waals surface area contributed by atoms with Crippen molar-refractivity contribution < 1.29 is 23.9 Å². The molecule has 0 radical (unpaired) electrons. The van der Waals surface area contributed by atoms with Crippen molar-refractivity contribution >= 4 is 35.7 Å². The van der Waals surface area contributed by atoms with Crippen molar-refractivity contribution in [3.8, 4) is 0 Å². The highest BCUT2D eigenvalue weighted by molar-refractivity contribution is 5.95. The van der Waals surface area contributed by atoms with E-state index in [2.05, 4.69) is 4.74 Å². The molecular formula is C29H33NO5. The number of benzene rings is 2. The van der Waals surface area contributed by atoms with Gasteiger partial charge in [0.1, 0.15) is 0 Å². The largest absolute Gasteiger partial charge is 0.466 e. The summed E-state index contributed by atoms with van der Waals surface area (Å²) in [5, 5.41) is 0. The third-order valence-corrected chi connectivity index (χ3v) is 6.03. The molecule has 2 aromatic rings. The van der Waals surface area contributed by atoms with Crippen molar-refractivity contribution in [2.24, 2.45) is 5.92 Å². The standard InChI is InChI=1S/C29H33NO5/c1-3-35-28(32)19-16-22-12-14-24(15-13-22)21-30(29(33)25-9-5-4-6-10-25)26-11-7-8-23(20-26)17-18-27(31)34-2/h7-8,11-20,25H,3-6,9-10,21H2,1-2H3/b18-17+,19-16+. The number of anilines is 1. The van der Waals surface area contributed by atoms with Crippen LogP contribution in [0.4, 0.5) is 5.69 Å². The van der Waals surface area contributed by atoms with Crippen LogP contribution in [0.1, 0.15) is 55.7 Å². The summed E-state index contributed by atoms with van der Waals surface area (Å²) in [5.41, 5.74) is 3.47. The average molecular weight is 476 g/mol. The van der Waals surface area contributed by atoms with Crippen LogP contribution in [0.3, 0.4) is 0 Å². The molecule has 0 spiro atoms. The van der Waals surface area contributed by atoms with Crippen LogP contribution in [-0.2, 0) is 30.4 Å². The summed E-state index contributed by atoms with van der Waals surface area (Å²) in [7, 11) is 1.34. The molecule has 0 unspecified atom stereocenters. The number of rotatable bonds is 9. The first-order chi connectivity index (χ1) is 17.0. The molecule has 1 saturated carbocycles. The van der Waals surface area contributed by atoms with Gasteiger partial charge in [-0.15, -0.1) is 0 Å². The molecule has 1 fully saturated rings. The summed E-state index contributed by atoms with van der Waals surface area (Å²) in [4.78, 5) is 38.5. The predicted molar refractivity (Wildman–Crippen MR) is 137 cm³/mol. The van der Waals surface area contributed by atoms with Crippen LogP contribution >= 0.6 is 0 Å². The monoisotopic (exact) mass is 475 g/mol. The average Bonchev–Trinajstić information content (AvgIpc) is 2.90. The maximum absolute atomic E-state index is 13.6. The Morgan fingerprint density at radius 3 is 2.29 bits per heavy atom. The number of hydrogen-bond acceptors (Lipinski definition) is 5. The quantitative estimate of drug-likeness (QED) is 0.351. The van der Waals surface area contributed by atoms with Crippen molar-refractivity contribution in [3.63, 3.8) is 0 Å². The Hall–Kier alpha value is -3.67. The van der Waals surface area contributed by atoms with Crippen LogP contribution in [-0.4, -0.2) is 31.6 Å². The van der Waals surface area contributed by atoms with E-state index in [4.69, 9.17) is 4.74 Å². The van der Waals surface area contributed by atoms with Crippen molar-refractivity contribution in [1.29, 1.82) is 0 Å². The van der Waals surface area contributed by atoms with Gasteiger partial charge in [0.05, 0.1) is 20.3 Å². The van der Waals surface area contributed by atoms with Crippen LogP contribution in [0, 0.1) is 5.92 Å². The van der Waals surface area contributed by atoms with Crippen LogP contribution in [0.25, 0.3) is 12.2 Å². The lowest BCUT2D eigenvalue weighted by molar-refractivity contribution is -0.137. The van der Waals surface area contributed by atoms with Crippen molar-refractivity contribution in [2.75, 3.05) is 18.6 Å². The number of ether oxygens (including phenoxy) is 2. The number of carbonyl (C=O) groups excluding carboxylic acids is 3. The highest BCUT2D eigenvalue weighted by Crippen LogP contribution is 2.29. The Bertz CT molecular complexity index is 1060. The van der Waals surface area contributed by atoms with E-state index >= 15 is 0 Å². The van der Waals surface area contributed by atoms with Gasteiger partial charge < -0.3 is 14.4 Å². The maximum Gasteiger partial charge on any atom is 0.330 e. The fourth-order valence-corrected chi connectivity index (χ4v) is 4.17. The molecule has 0 heterocycles. The molecule has 1 aliphatic rings. The lowest BCUT2D eigenvalue weighted by atomic mass is 9.88. The second-order valence-electron chi connectivity index (χ2n) is 8.54. The first-order valence-electron chi connectivity index (χ1n) is 12.1. The first kappa shape index (κ1) is 25.9. The zero-order chi connectivity index (χ0) is 25.0. The zero-order valence-corrected chi connectivity index (χ0v) is 20.4. The fraction of sp³-hybridized carbons (Fsp3) is 0.345. The Balaban J connectivity index is 1.83. The molecule has 6 heteroatoms. The second kappa shape index (κ2) is 13.3. The lowest BCUT2D eigenvalue weighted by Crippen LogP contribution is -2.36. The Labute approximate surface area is 207 Å². The van der Waals surface area contributed by atoms with Gasteiger partial charge in [0.2, 0.25) is 5.91 Å². The Kier molecular flexibility index (Phi) is 9.84. The van der Waals surface area contributed by atoms with Crippen molar-refractivity contribution in [1.82, 2.24) is 0 Å². The molecule has 0 aromatic heterocycles. The molecule has 1 amide bonds. The highest BCUT2D eigenvalue weighted by atomic mass is 16.5. The van der Waals surface area contributed by atoms with Gasteiger partial charge in [-0.25, -0.2) is 9.59 Å². The zero-order valence-electron chi connectivity index (χ0n) is 20.4. The fourth-order valence-electron chi connectivity index (χ4n) is 4.17. The molecule has 0 N–H and O–H groups in total. The normalized spacial score (nSPS) is 14.2. The molecule has 184 valence electrons. The number of esters is 2. The van der Waals surface area contributed by atoms with E-state index in [1.807, 2.05) is 53.4 Å². The topological polar surface area (TPSA) is 72.9 Å². The smallest absolute Gasteiger partial charge is 0.330 e. The molecule has 0 saturated heterocycles. The number of hydrogen-bond donors (Lipinski definition) is 0. The molecule has 0 bridgehead atoms. The number of nitrogens with zero attached hydrogens (tertiary/aromatic N) is 1. The van der Waals surface area contributed by atoms with Gasteiger partial charge in [-0.05, 0) is 60.7 Å². The van der Waals surface area contributed by atoms with Gasteiger partial charge >= 0.3 is 11.9 Å². The summed E-state index contributed by atoms with van der Waals surface area (Å²) in [6.45, 7) is 2.54.